The van der Waals surface area contributed by atoms with E-state index >= 15 is 0 Å². The lowest BCUT2D eigenvalue weighted by molar-refractivity contribution is -0.147. The predicted molar refractivity (Wildman–Crippen MR) is 205 cm³/mol. The largest absolute Gasteiger partial charge is 0.462 e. The summed E-state index contributed by atoms with van der Waals surface area (Å²) in [5.41, 5.74) is 6.30. The molecule has 3 amide bonds. The number of aliphatic hydroxyl groups is 1. The highest BCUT2D eigenvalue weighted by Gasteiger charge is 2.31. The summed E-state index contributed by atoms with van der Waals surface area (Å²) in [5, 5.41) is 18.6. The standard InChI is InChI=1S/C44H47N3O7/c48-27-33(24-30-14-4-1-5-15-30)45-41(49)26-32-18-8-3-9-23-40(43(51)53-28-34(46-42(32)50)25-31-16-6-2-7-17-31)47-44(52)54-29-39-37-21-12-10-19-35(37)36-20-11-13-22-38(36)39/h1-8,10-17,19-22,32-34,39-40,48H,9,18,23-29H2,(H,45,49)(H,46,50)(H,47,52). The summed E-state index contributed by atoms with van der Waals surface area (Å²) in [6, 6.07) is 33.1. The number of fused-ring (bicyclic) bond motifs is 3. The molecule has 10 nitrogen and oxygen atoms in total. The van der Waals surface area contributed by atoms with Crippen LogP contribution in [0.2, 0.25) is 0 Å². The van der Waals surface area contributed by atoms with Crippen molar-refractivity contribution >= 4 is 23.9 Å². The molecule has 0 aromatic heterocycles. The maximum atomic E-state index is 13.7. The van der Waals surface area contributed by atoms with E-state index in [-0.39, 0.29) is 56.8 Å². The van der Waals surface area contributed by atoms with Gasteiger partial charge in [-0.15, -0.1) is 0 Å². The molecule has 10 heteroatoms. The maximum absolute atomic E-state index is 13.7. The third kappa shape index (κ3) is 10.2. The zero-order valence-corrected chi connectivity index (χ0v) is 30.2. The monoisotopic (exact) mass is 729 g/mol. The number of esters is 1. The lowest BCUT2D eigenvalue weighted by Crippen LogP contribution is -2.47. The van der Waals surface area contributed by atoms with Crippen LogP contribution in [0, 0.1) is 5.92 Å². The average Bonchev–Trinajstić information content (AvgIpc) is 3.51. The van der Waals surface area contributed by atoms with Gasteiger partial charge in [0.15, 0.2) is 0 Å². The van der Waals surface area contributed by atoms with E-state index in [0.717, 1.165) is 33.4 Å². The number of carbonyl (C=O) groups is 4. The van der Waals surface area contributed by atoms with Gasteiger partial charge >= 0.3 is 12.1 Å². The van der Waals surface area contributed by atoms with Gasteiger partial charge in [-0.05, 0) is 65.5 Å². The first kappa shape index (κ1) is 38.0. The van der Waals surface area contributed by atoms with Gasteiger partial charge in [-0.3, -0.25) is 9.59 Å². The van der Waals surface area contributed by atoms with E-state index in [1.165, 1.54) is 0 Å². The number of allylic oxidation sites excluding steroid dienone is 2. The minimum absolute atomic E-state index is 0.0920. The number of alkyl carbamates (subject to hydrolysis) is 1. The van der Waals surface area contributed by atoms with Crippen LogP contribution in [0.15, 0.2) is 121 Å². The molecule has 4 N–H and O–H groups in total. The summed E-state index contributed by atoms with van der Waals surface area (Å²) >= 11 is 0. The van der Waals surface area contributed by atoms with Gasteiger partial charge in [0.1, 0.15) is 19.3 Å². The number of hydrogen-bond donors (Lipinski definition) is 4. The predicted octanol–water partition coefficient (Wildman–Crippen LogP) is 5.63. The normalized spacial score (nSPS) is 19.4. The third-order valence-electron chi connectivity index (χ3n) is 9.94. The van der Waals surface area contributed by atoms with Crippen molar-refractivity contribution in [1.82, 2.24) is 16.0 Å². The second kappa shape index (κ2) is 18.8. The third-order valence-corrected chi connectivity index (χ3v) is 9.94. The molecule has 6 rings (SSSR count). The number of ether oxygens (including phenoxy) is 2. The van der Waals surface area contributed by atoms with Crippen LogP contribution in [0.4, 0.5) is 4.79 Å². The first-order valence-corrected chi connectivity index (χ1v) is 18.6. The maximum Gasteiger partial charge on any atom is 0.407 e. The quantitative estimate of drug-likeness (QED) is 0.116. The first-order chi connectivity index (χ1) is 26.4. The van der Waals surface area contributed by atoms with Crippen LogP contribution in [0.5, 0.6) is 0 Å². The Hall–Kier alpha value is -5.74. The minimum atomic E-state index is -0.985. The fourth-order valence-corrected chi connectivity index (χ4v) is 7.18. The number of benzene rings is 4. The molecule has 0 radical (unpaired) electrons. The van der Waals surface area contributed by atoms with Crippen LogP contribution < -0.4 is 16.0 Å². The average molecular weight is 730 g/mol. The molecule has 0 saturated carbocycles. The van der Waals surface area contributed by atoms with Gasteiger partial charge in [0, 0.05) is 12.3 Å². The van der Waals surface area contributed by atoms with Crippen LogP contribution in [0.3, 0.4) is 0 Å². The highest BCUT2D eigenvalue weighted by atomic mass is 16.6. The molecular weight excluding hydrogens is 682 g/mol. The van der Waals surface area contributed by atoms with Crippen LogP contribution in [0.25, 0.3) is 11.1 Å². The Labute approximate surface area is 316 Å². The second-order valence-electron chi connectivity index (χ2n) is 13.9. The number of rotatable bonds is 11. The van der Waals surface area contributed by atoms with Gasteiger partial charge in [-0.2, -0.15) is 0 Å². The smallest absolute Gasteiger partial charge is 0.407 e. The number of cyclic esters (lactones) is 1. The highest BCUT2D eigenvalue weighted by molar-refractivity contribution is 5.86. The lowest BCUT2D eigenvalue weighted by Gasteiger charge is -2.24. The first-order valence-electron chi connectivity index (χ1n) is 18.6. The molecule has 4 aromatic carbocycles. The van der Waals surface area contributed by atoms with Crippen LogP contribution in [0.1, 0.15) is 53.9 Å². The van der Waals surface area contributed by atoms with E-state index in [4.69, 9.17) is 9.47 Å². The number of hydrogen-bond acceptors (Lipinski definition) is 7. The zero-order chi connectivity index (χ0) is 37.7. The molecule has 4 aromatic rings. The fraction of sp³-hybridized carbons (Fsp3) is 0.318. The summed E-state index contributed by atoms with van der Waals surface area (Å²) in [5.74, 6) is -2.16. The van der Waals surface area contributed by atoms with Gasteiger partial charge in [0.25, 0.3) is 0 Å². The Kier molecular flexibility index (Phi) is 13.3. The molecule has 280 valence electrons. The van der Waals surface area contributed by atoms with E-state index in [2.05, 4.69) is 28.1 Å². The van der Waals surface area contributed by atoms with Crippen molar-refractivity contribution < 1.29 is 33.8 Å². The number of aliphatic hydroxyl groups excluding tert-OH is 1. The van der Waals surface area contributed by atoms with Crippen molar-refractivity contribution in [3.63, 3.8) is 0 Å². The van der Waals surface area contributed by atoms with Gasteiger partial charge < -0.3 is 30.5 Å². The topological polar surface area (TPSA) is 143 Å². The van der Waals surface area contributed by atoms with Crippen molar-refractivity contribution in [2.45, 2.75) is 62.6 Å². The number of amides is 3. The molecule has 0 saturated heterocycles. The van der Waals surface area contributed by atoms with Crippen molar-refractivity contribution in [2.24, 2.45) is 5.92 Å². The number of nitrogens with one attached hydrogen (secondary N) is 3. The Balaban J connectivity index is 1.11. The minimum Gasteiger partial charge on any atom is -0.462 e. The van der Waals surface area contributed by atoms with Crippen molar-refractivity contribution in [1.29, 1.82) is 0 Å². The summed E-state index contributed by atoms with van der Waals surface area (Å²) in [4.78, 5) is 53.6. The zero-order valence-electron chi connectivity index (χ0n) is 30.2. The Bertz CT molecular complexity index is 1870. The number of carbonyl (C=O) groups excluding carboxylic acids is 4. The molecule has 4 unspecified atom stereocenters. The fourth-order valence-electron chi connectivity index (χ4n) is 7.18. The Morgan fingerprint density at radius 3 is 2.13 bits per heavy atom. The molecule has 1 aliphatic carbocycles. The van der Waals surface area contributed by atoms with E-state index in [1.807, 2.05) is 109 Å². The second-order valence-corrected chi connectivity index (χ2v) is 13.9. The highest BCUT2D eigenvalue weighted by Crippen LogP contribution is 2.44. The summed E-state index contributed by atoms with van der Waals surface area (Å²) < 4.78 is 11.5. The summed E-state index contributed by atoms with van der Waals surface area (Å²) in [6.45, 7) is -0.279. The van der Waals surface area contributed by atoms with E-state index in [9.17, 15) is 24.3 Å². The summed E-state index contributed by atoms with van der Waals surface area (Å²) in [7, 11) is 0. The molecule has 1 aliphatic heterocycles. The molecule has 2 aliphatic rings. The SMILES string of the molecule is O=C(CC1CC=CCCC(NC(=O)OCC2c3ccccc3-c3ccccc32)C(=O)OCC(Cc2ccccc2)NC1=O)NC(CO)Cc1ccccc1. The van der Waals surface area contributed by atoms with Gasteiger partial charge in [-0.1, -0.05) is 121 Å². The van der Waals surface area contributed by atoms with Crippen LogP contribution >= 0.6 is 0 Å². The van der Waals surface area contributed by atoms with Crippen molar-refractivity contribution in [3.8, 4) is 11.1 Å². The van der Waals surface area contributed by atoms with Crippen LogP contribution in [-0.4, -0.2) is 66.9 Å². The van der Waals surface area contributed by atoms with Crippen molar-refractivity contribution in [3.05, 3.63) is 144 Å². The van der Waals surface area contributed by atoms with Crippen LogP contribution in [-0.2, 0) is 36.7 Å². The molecule has 54 heavy (non-hydrogen) atoms. The molecular formula is C44H47N3O7. The van der Waals surface area contributed by atoms with E-state index in [1.54, 1.807) is 0 Å². The van der Waals surface area contributed by atoms with E-state index < -0.39 is 36.1 Å². The van der Waals surface area contributed by atoms with Gasteiger partial charge in [-0.25, -0.2) is 9.59 Å². The lowest BCUT2D eigenvalue weighted by atomic mass is 9.97. The van der Waals surface area contributed by atoms with E-state index in [0.29, 0.717) is 19.3 Å². The Morgan fingerprint density at radius 2 is 1.46 bits per heavy atom. The molecule has 4 atom stereocenters. The molecule has 1 heterocycles. The molecule has 0 spiro atoms. The van der Waals surface area contributed by atoms with Gasteiger partial charge in [0.05, 0.1) is 24.6 Å². The molecule has 0 fully saturated rings. The molecule has 0 bridgehead atoms. The van der Waals surface area contributed by atoms with Crippen molar-refractivity contribution in [2.75, 3.05) is 19.8 Å². The Morgan fingerprint density at radius 1 is 0.833 bits per heavy atom. The summed E-state index contributed by atoms with van der Waals surface area (Å²) in [6.07, 6.45) is 4.60. The van der Waals surface area contributed by atoms with Gasteiger partial charge in [0.2, 0.25) is 11.8 Å².